The van der Waals surface area contributed by atoms with Gasteiger partial charge in [-0.3, -0.25) is 4.98 Å². The fraction of sp³-hybridized carbons (Fsp3) is 0. The van der Waals surface area contributed by atoms with Gasteiger partial charge in [-0.25, -0.2) is 9.97 Å². The van der Waals surface area contributed by atoms with Crippen molar-refractivity contribution in [3.63, 3.8) is 0 Å². The minimum atomic E-state index is -0.0131. The summed E-state index contributed by atoms with van der Waals surface area (Å²) in [5, 5.41) is 28.5. The molecule has 0 unspecified atom stereocenters. The van der Waals surface area contributed by atoms with Gasteiger partial charge in [-0.2, -0.15) is 15.8 Å². The predicted molar refractivity (Wildman–Crippen MR) is 87.6 cm³/mol. The van der Waals surface area contributed by atoms with E-state index in [-0.39, 0.29) is 11.4 Å². The minimum absolute atomic E-state index is 0.0131. The summed E-state index contributed by atoms with van der Waals surface area (Å²) in [7, 11) is 0. The first-order valence-electron chi connectivity index (χ1n) is 6.00. The maximum Gasteiger partial charge on any atom is 0.178 e. The molecule has 23 heavy (non-hydrogen) atoms. The first kappa shape index (κ1) is 15.5. The van der Waals surface area contributed by atoms with Gasteiger partial charge < -0.3 is 0 Å². The van der Waals surface area contributed by atoms with Crippen LogP contribution in [0.3, 0.4) is 0 Å². The van der Waals surface area contributed by atoms with Crippen LogP contribution in [0, 0.1) is 34.0 Å². The first-order valence-corrected chi connectivity index (χ1v) is 8.43. The highest BCUT2D eigenvalue weighted by Gasteiger charge is 2.27. The van der Waals surface area contributed by atoms with Crippen LogP contribution in [0.15, 0.2) is 37.1 Å². The third kappa shape index (κ3) is 2.93. The standard InChI is InChI=1S/C14H3BrN6S2/c15-7-1-2-9(19-6-7)8(3-16)14-22-12-13(23-14)21-11(5-18)10(4-17)20-12/h1-2,6H. The van der Waals surface area contributed by atoms with E-state index >= 15 is 0 Å². The molecule has 108 valence electrons. The van der Waals surface area contributed by atoms with Crippen molar-refractivity contribution >= 4 is 45.0 Å². The average molecular weight is 399 g/mol. The third-order valence-corrected chi connectivity index (χ3v) is 5.56. The highest BCUT2D eigenvalue weighted by Crippen LogP contribution is 2.51. The monoisotopic (exact) mass is 398 g/mol. The minimum Gasteiger partial charge on any atom is -0.254 e. The number of pyridine rings is 1. The van der Waals surface area contributed by atoms with Crippen LogP contribution in [-0.4, -0.2) is 15.0 Å². The zero-order valence-corrected chi connectivity index (χ0v) is 14.3. The lowest BCUT2D eigenvalue weighted by molar-refractivity contribution is 0.902. The van der Waals surface area contributed by atoms with Crippen LogP contribution >= 0.6 is 39.5 Å². The molecule has 2 aromatic heterocycles. The molecule has 0 bridgehead atoms. The molecule has 0 fully saturated rings. The molecule has 0 spiro atoms. The van der Waals surface area contributed by atoms with Crippen LogP contribution in [0.1, 0.15) is 17.1 Å². The normalized spacial score (nSPS) is 12.0. The molecule has 9 heteroatoms. The number of allylic oxidation sites excluding steroid dienone is 1. The number of nitrogens with zero attached hydrogens (tertiary/aromatic N) is 6. The summed E-state index contributed by atoms with van der Waals surface area (Å²) >= 11 is 5.80. The number of thioether (sulfide) groups is 2. The largest absolute Gasteiger partial charge is 0.254 e. The van der Waals surface area contributed by atoms with E-state index < -0.39 is 0 Å². The van der Waals surface area contributed by atoms with Gasteiger partial charge in [0.25, 0.3) is 0 Å². The molecule has 0 saturated heterocycles. The lowest BCUT2D eigenvalue weighted by atomic mass is 10.2. The summed E-state index contributed by atoms with van der Waals surface area (Å²) < 4.78 is 1.50. The summed E-state index contributed by atoms with van der Waals surface area (Å²) in [4.78, 5) is 12.5. The average Bonchev–Trinajstić information content (AvgIpc) is 2.98. The van der Waals surface area contributed by atoms with E-state index in [4.69, 9.17) is 10.5 Å². The number of hydrogen-bond acceptors (Lipinski definition) is 8. The third-order valence-electron chi connectivity index (χ3n) is 2.72. The Balaban J connectivity index is 2.06. The van der Waals surface area contributed by atoms with Crippen molar-refractivity contribution in [1.82, 2.24) is 15.0 Å². The maximum absolute atomic E-state index is 9.46. The van der Waals surface area contributed by atoms with Crippen molar-refractivity contribution < 1.29 is 0 Å². The fourth-order valence-corrected chi connectivity index (χ4v) is 4.24. The molecule has 6 nitrogen and oxygen atoms in total. The quantitative estimate of drug-likeness (QED) is 0.671. The van der Waals surface area contributed by atoms with E-state index in [9.17, 15) is 5.26 Å². The highest BCUT2D eigenvalue weighted by atomic mass is 79.9. The zero-order valence-electron chi connectivity index (χ0n) is 11.1. The number of hydrogen-bond donors (Lipinski definition) is 0. The molecule has 0 saturated carbocycles. The Kier molecular flexibility index (Phi) is 4.31. The Hall–Kier alpha value is -2.38. The Morgan fingerprint density at radius 3 is 2.04 bits per heavy atom. The molecule has 0 atom stereocenters. The summed E-state index contributed by atoms with van der Waals surface area (Å²) in [5.41, 5.74) is 0.922. The predicted octanol–water partition coefficient (Wildman–Crippen LogP) is 3.47. The first-order chi connectivity index (χ1) is 11.2. The van der Waals surface area contributed by atoms with E-state index in [1.54, 1.807) is 18.3 Å². The topological polar surface area (TPSA) is 110 Å². The van der Waals surface area contributed by atoms with Crippen LogP contribution in [0.4, 0.5) is 0 Å². The van der Waals surface area contributed by atoms with Gasteiger partial charge in [0, 0.05) is 10.7 Å². The van der Waals surface area contributed by atoms with Crippen molar-refractivity contribution in [1.29, 1.82) is 15.8 Å². The van der Waals surface area contributed by atoms with E-state index in [1.807, 2.05) is 12.1 Å². The molecule has 2 aromatic rings. The van der Waals surface area contributed by atoms with Crippen LogP contribution < -0.4 is 0 Å². The lowest BCUT2D eigenvalue weighted by Gasteiger charge is -2.01. The van der Waals surface area contributed by atoms with Gasteiger partial charge in [-0.15, -0.1) is 0 Å². The Morgan fingerprint density at radius 1 is 1.00 bits per heavy atom. The van der Waals surface area contributed by atoms with Gasteiger partial charge in [-0.1, -0.05) is 23.5 Å². The van der Waals surface area contributed by atoms with Crippen molar-refractivity contribution in [2.45, 2.75) is 10.1 Å². The Labute approximate surface area is 148 Å². The SMILES string of the molecule is N#CC(=C1Sc2nc(C#N)c(C#N)nc2S1)c1ccc(Br)cn1. The second-order valence-electron chi connectivity index (χ2n) is 4.09. The van der Waals surface area contributed by atoms with Crippen LogP contribution in [0.5, 0.6) is 0 Å². The zero-order chi connectivity index (χ0) is 16.4. The van der Waals surface area contributed by atoms with Crippen LogP contribution in [0.25, 0.3) is 5.57 Å². The summed E-state index contributed by atoms with van der Waals surface area (Å²) in [6, 6.07) is 9.40. The van der Waals surface area contributed by atoms with Crippen molar-refractivity contribution in [3.8, 4) is 18.2 Å². The number of fused-ring (bicyclic) bond motifs is 1. The molecular formula is C14H3BrN6S2. The highest BCUT2D eigenvalue weighted by molar-refractivity contribution is 9.10. The molecular weight excluding hydrogens is 396 g/mol. The molecule has 0 aromatic carbocycles. The second kappa shape index (κ2) is 6.39. The van der Waals surface area contributed by atoms with E-state index in [2.05, 4.69) is 37.0 Å². The van der Waals surface area contributed by atoms with Gasteiger partial charge in [0.2, 0.25) is 0 Å². The van der Waals surface area contributed by atoms with E-state index in [0.717, 1.165) is 4.47 Å². The van der Waals surface area contributed by atoms with Gasteiger partial charge >= 0.3 is 0 Å². The van der Waals surface area contributed by atoms with Crippen LogP contribution in [0.2, 0.25) is 0 Å². The summed E-state index contributed by atoms with van der Waals surface area (Å²) in [5.74, 6) is 0. The van der Waals surface area contributed by atoms with Gasteiger partial charge in [0.1, 0.15) is 28.3 Å². The Bertz CT molecular complexity index is 918. The van der Waals surface area contributed by atoms with Gasteiger partial charge in [0.15, 0.2) is 11.4 Å². The van der Waals surface area contributed by atoms with Gasteiger partial charge in [-0.05, 0) is 28.1 Å². The molecule has 3 rings (SSSR count). The summed E-state index contributed by atoms with van der Waals surface area (Å²) in [6.45, 7) is 0. The second-order valence-corrected chi connectivity index (χ2v) is 7.27. The fourth-order valence-electron chi connectivity index (χ4n) is 1.72. The molecule has 1 aliphatic rings. The molecule has 0 amide bonds. The molecule has 0 radical (unpaired) electrons. The molecule has 1 aliphatic heterocycles. The van der Waals surface area contributed by atoms with Gasteiger partial charge in [0.05, 0.1) is 15.5 Å². The smallest absolute Gasteiger partial charge is 0.178 e. The molecule has 0 N–H and O–H groups in total. The molecule has 3 heterocycles. The number of nitriles is 3. The van der Waals surface area contributed by atoms with E-state index in [0.29, 0.717) is 25.6 Å². The van der Waals surface area contributed by atoms with Crippen molar-refractivity contribution in [2.75, 3.05) is 0 Å². The maximum atomic E-state index is 9.46. The van der Waals surface area contributed by atoms with Crippen LogP contribution in [-0.2, 0) is 0 Å². The number of rotatable bonds is 1. The van der Waals surface area contributed by atoms with E-state index in [1.165, 1.54) is 23.5 Å². The Morgan fingerprint density at radius 2 is 1.61 bits per heavy atom. The summed E-state index contributed by atoms with van der Waals surface area (Å²) in [6.07, 6.45) is 1.61. The van der Waals surface area contributed by atoms with Crippen molar-refractivity contribution in [2.24, 2.45) is 0 Å². The molecule has 0 aliphatic carbocycles. The number of halogens is 1. The number of aromatic nitrogens is 3. The lowest BCUT2D eigenvalue weighted by Crippen LogP contribution is -1.96. The van der Waals surface area contributed by atoms with Crippen molar-refractivity contribution in [3.05, 3.63) is 44.1 Å².